The topological polar surface area (TPSA) is 61.6 Å². The fourth-order valence-corrected chi connectivity index (χ4v) is 1.34. The lowest BCUT2D eigenvalue weighted by atomic mass is 10.2. The molecule has 0 aliphatic heterocycles. The van der Waals surface area contributed by atoms with E-state index in [-0.39, 0.29) is 5.69 Å². The van der Waals surface area contributed by atoms with E-state index in [0.29, 0.717) is 11.5 Å². The van der Waals surface area contributed by atoms with Crippen LogP contribution in [-0.2, 0) is 6.18 Å². The van der Waals surface area contributed by atoms with Crippen molar-refractivity contribution in [1.82, 2.24) is 9.97 Å². The first-order valence-corrected chi connectivity index (χ1v) is 5.15. The number of nitriles is 1. The number of aromatic nitrogens is 2. The number of nitrogens with one attached hydrogen (secondary N) is 1. The molecule has 4 nitrogen and oxygen atoms in total. The summed E-state index contributed by atoms with van der Waals surface area (Å²) in [4.78, 5) is 7.68. The van der Waals surface area contributed by atoms with Gasteiger partial charge in [-0.05, 0) is 24.3 Å². The minimum Gasteiger partial charge on any atom is -0.339 e. The smallest absolute Gasteiger partial charge is 0.339 e. The lowest BCUT2D eigenvalue weighted by Gasteiger charge is -2.08. The Balaban J connectivity index is 2.13. The van der Waals surface area contributed by atoms with E-state index in [9.17, 15) is 13.2 Å². The molecule has 0 bridgehead atoms. The van der Waals surface area contributed by atoms with Crippen molar-refractivity contribution in [3.63, 3.8) is 0 Å². The van der Waals surface area contributed by atoms with Gasteiger partial charge in [-0.1, -0.05) is 0 Å². The van der Waals surface area contributed by atoms with Crippen molar-refractivity contribution < 1.29 is 13.2 Å². The van der Waals surface area contributed by atoms with Crippen LogP contribution >= 0.6 is 0 Å². The quantitative estimate of drug-likeness (QED) is 0.905. The SMILES string of the molecule is N#Cc1cnc(Nc2ccc(C(F)(F)F)cc2)cn1. The van der Waals surface area contributed by atoms with E-state index < -0.39 is 11.7 Å². The van der Waals surface area contributed by atoms with E-state index >= 15 is 0 Å². The summed E-state index contributed by atoms with van der Waals surface area (Å²) in [6, 6.07) is 6.35. The fraction of sp³-hybridized carbons (Fsp3) is 0.0833. The van der Waals surface area contributed by atoms with Gasteiger partial charge < -0.3 is 5.32 Å². The third-order valence-electron chi connectivity index (χ3n) is 2.25. The van der Waals surface area contributed by atoms with E-state index in [1.54, 1.807) is 0 Å². The van der Waals surface area contributed by atoms with Gasteiger partial charge in [-0.3, -0.25) is 0 Å². The first-order chi connectivity index (χ1) is 8.99. The molecule has 0 spiro atoms. The molecule has 1 aromatic carbocycles. The molecule has 96 valence electrons. The number of hydrogen-bond acceptors (Lipinski definition) is 4. The standard InChI is InChI=1S/C12H7F3N4/c13-12(14,15)8-1-3-9(4-2-8)19-11-7-17-10(5-16)6-18-11/h1-4,6-7H,(H,18,19). The highest BCUT2D eigenvalue weighted by atomic mass is 19.4. The van der Waals surface area contributed by atoms with Crippen LogP contribution < -0.4 is 5.32 Å². The van der Waals surface area contributed by atoms with Gasteiger partial charge in [-0.15, -0.1) is 0 Å². The summed E-state index contributed by atoms with van der Waals surface area (Å²) in [6.45, 7) is 0. The first-order valence-electron chi connectivity index (χ1n) is 5.15. The number of nitrogens with zero attached hydrogens (tertiary/aromatic N) is 3. The van der Waals surface area contributed by atoms with Gasteiger partial charge in [0.2, 0.25) is 0 Å². The number of rotatable bonds is 2. The number of halogens is 3. The Morgan fingerprint density at radius 1 is 1.05 bits per heavy atom. The molecule has 2 rings (SSSR count). The zero-order valence-corrected chi connectivity index (χ0v) is 9.44. The van der Waals surface area contributed by atoms with E-state index in [1.807, 2.05) is 6.07 Å². The molecule has 19 heavy (non-hydrogen) atoms. The Bertz CT molecular complexity index is 597. The molecule has 0 aliphatic rings. The van der Waals surface area contributed by atoms with Crippen molar-refractivity contribution >= 4 is 11.5 Å². The van der Waals surface area contributed by atoms with Gasteiger partial charge in [0.1, 0.15) is 11.9 Å². The molecular weight excluding hydrogens is 257 g/mol. The number of hydrogen-bond donors (Lipinski definition) is 1. The highest BCUT2D eigenvalue weighted by molar-refractivity contribution is 5.55. The maximum atomic E-state index is 12.4. The van der Waals surface area contributed by atoms with Gasteiger partial charge in [0.05, 0.1) is 18.0 Å². The van der Waals surface area contributed by atoms with Crippen LogP contribution in [0.3, 0.4) is 0 Å². The minimum absolute atomic E-state index is 0.165. The maximum absolute atomic E-state index is 12.4. The van der Waals surface area contributed by atoms with Crippen LogP contribution in [0.4, 0.5) is 24.7 Å². The summed E-state index contributed by atoms with van der Waals surface area (Å²) in [7, 11) is 0. The van der Waals surface area contributed by atoms with Gasteiger partial charge in [0, 0.05) is 5.69 Å². The van der Waals surface area contributed by atoms with Gasteiger partial charge in [0.25, 0.3) is 0 Å². The van der Waals surface area contributed by atoms with Crippen molar-refractivity contribution in [3.8, 4) is 6.07 Å². The van der Waals surface area contributed by atoms with Crippen molar-refractivity contribution in [3.05, 3.63) is 47.9 Å². The third kappa shape index (κ3) is 3.19. The highest BCUT2D eigenvalue weighted by Gasteiger charge is 2.29. The molecule has 0 atom stereocenters. The second kappa shape index (κ2) is 4.94. The Morgan fingerprint density at radius 3 is 2.21 bits per heavy atom. The molecule has 0 saturated heterocycles. The van der Waals surface area contributed by atoms with Crippen LogP contribution in [0.2, 0.25) is 0 Å². The average Bonchev–Trinajstić information content (AvgIpc) is 2.39. The molecule has 0 radical (unpaired) electrons. The monoisotopic (exact) mass is 264 g/mol. The van der Waals surface area contributed by atoms with E-state index in [1.165, 1.54) is 24.5 Å². The zero-order valence-electron chi connectivity index (χ0n) is 9.44. The molecule has 0 saturated carbocycles. The zero-order chi connectivity index (χ0) is 13.9. The Hall–Kier alpha value is -2.62. The van der Waals surface area contributed by atoms with Crippen LogP contribution in [-0.4, -0.2) is 9.97 Å². The highest BCUT2D eigenvalue weighted by Crippen LogP contribution is 2.30. The largest absolute Gasteiger partial charge is 0.416 e. The summed E-state index contributed by atoms with van der Waals surface area (Å²) in [5, 5.41) is 11.3. The van der Waals surface area contributed by atoms with Gasteiger partial charge in [-0.25, -0.2) is 9.97 Å². The first kappa shape index (κ1) is 12.8. The predicted octanol–water partition coefficient (Wildman–Crippen LogP) is 3.11. The van der Waals surface area contributed by atoms with Crippen LogP contribution in [0.1, 0.15) is 11.3 Å². The van der Waals surface area contributed by atoms with Crippen LogP contribution in [0, 0.1) is 11.3 Å². The normalized spacial score (nSPS) is 10.8. The van der Waals surface area contributed by atoms with Crippen molar-refractivity contribution in [2.45, 2.75) is 6.18 Å². The van der Waals surface area contributed by atoms with Gasteiger partial charge >= 0.3 is 6.18 Å². The van der Waals surface area contributed by atoms with Crippen LogP contribution in [0.25, 0.3) is 0 Å². The van der Waals surface area contributed by atoms with Crippen LogP contribution in [0.5, 0.6) is 0 Å². The predicted molar refractivity (Wildman–Crippen MR) is 61.5 cm³/mol. The number of benzene rings is 1. The second-order valence-electron chi connectivity index (χ2n) is 3.60. The summed E-state index contributed by atoms with van der Waals surface area (Å²) in [5.41, 5.74) is -0.103. The summed E-state index contributed by atoms with van der Waals surface area (Å²) in [6.07, 6.45) is -1.75. The third-order valence-corrected chi connectivity index (χ3v) is 2.25. The van der Waals surface area contributed by atoms with Gasteiger partial charge in [0.15, 0.2) is 5.69 Å². The van der Waals surface area contributed by atoms with Crippen molar-refractivity contribution in [2.75, 3.05) is 5.32 Å². The molecular formula is C12H7F3N4. The van der Waals surface area contributed by atoms with E-state index in [0.717, 1.165) is 12.1 Å². The van der Waals surface area contributed by atoms with Gasteiger partial charge in [-0.2, -0.15) is 18.4 Å². The molecule has 1 aromatic heterocycles. The molecule has 2 aromatic rings. The van der Waals surface area contributed by atoms with Crippen molar-refractivity contribution in [1.29, 1.82) is 5.26 Å². The molecule has 0 aliphatic carbocycles. The molecule has 0 fully saturated rings. The lowest BCUT2D eigenvalue weighted by molar-refractivity contribution is -0.137. The molecule has 0 unspecified atom stereocenters. The van der Waals surface area contributed by atoms with E-state index in [4.69, 9.17) is 5.26 Å². The number of anilines is 2. The average molecular weight is 264 g/mol. The Labute approximate surface area is 106 Å². The number of alkyl halides is 3. The second-order valence-corrected chi connectivity index (χ2v) is 3.60. The molecule has 0 amide bonds. The molecule has 1 N–H and O–H groups in total. The van der Waals surface area contributed by atoms with Crippen LogP contribution in [0.15, 0.2) is 36.7 Å². The summed E-state index contributed by atoms with van der Waals surface area (Å²) < 4.78 is 37.1. The van der Waals surface area contributed by atoms with Crippen molar-refractivity contribution in [2.24, 2.45) is 0 Å². The summed E-state index contributed by atoms with van der Waals surface area (Å²) in [5.74, 6) is 0.346. The summed E-state index contributed by atoms with van der Waals surface area (Å²) >= 11 is 0. The Kier molecular flexibility index (Phi) is 3.33. The molecule has 1 heterocycles. The Morgan fingerprint density at radius 2 is 1.74 bits per heavy atom. The fourth-order valence-electron chi connectivity index (χ4n) is 1.34. The molecule has 7 heteroatoms. The lowest BCUT2D eigenvalue weighted by Crippen LogP contribution is -2.04. The minimum atomic E-state index is -4.35. The maximum Gasteiger partial charge on any atom is 0.416 e. The van der Waals surface area contributed by atoms with E-state index in [2.05, 4.69) is 15.3 Å².